The molecule has 1 fully saturated rings. The standard InChI is InChI=1S/C17H24N4O/c1-2-19-10-12-20(13-11-19)14-17(22)21-16(8-9-18-21)15-6-4-3-5-7-15/h3-9,16,18H,2,10-14H2,1H3/p+2/t16-/m1/s1. The highest BCUT2D eigenvalue weighted by Crippen LogP contribution is 2.23. The molecule has 2 heterocycles. The fraction of sp³-hybridized carbons (Fsp3) is 0.471. The number of hydrogen-bond donors (Lipinski definition) is 3. The first-order valence-corrected chi connectivity index (χ1v) is 8.25. The number of nitrogens with zero attached hydrogens (tertiary/aromatic N) is 1. The van der Waals surface area contributed by atoms with Crippen molar-refractivity contribution in [3.8, 4) is 0 Å². The minimum absolute atomic E-state index is 0.00987. The lowest BCUT2D eigenvalue weighted by Gasteiger charge is -2.31. The Morgan fingerprint density at radius 3 is 2.55 bits per heavy atom. The van der Waals surface area contributed by atoms with Gasteiger partial charge in [0.05, 0.1) is 12.6 Å². The molecule has 22 heavy (non-hydrogen) atoms. The third kappa shape index (κ3) is 3.31. The molecule has 5 heteroatoms. The zero-order valence-corrected chi connectivity index (χ0v) is 13.2. The van der Waals surface area contributed by atoms with Crippen LogP contribution in [0.25, 0.3) is 0 Å². The van der Waals surface area contributed by atoms with Crippen LogP contribution in [0.1, 0.15) is 18.5 Å². The first-order chi connectivity index (χ1) is 10.8. The summed E-state index contributed by atoms with van der Waals surface area (Å²) in [6.07, 6.45) is 3.91. The SMILES string of the molecule is CC[NH+]1CC[NH+](CC(=O)N2NC=C[C@@H]2c2ccccc2)CC1. The summed E-state index contributed by atoms with van der Waals surface area (Å²) >= 11 is 0. The van der Waals surface area contributed by atoms with E-state index in [2.05, 4.69) is 24.5 Å². The van der Waals surface area contributed by atoms with Crippen LogP contribution in [0, 0.1) is 0 Å². The highest BCUT2D eigenvalue weighted by atomic mass is 16.2. The average molecular weight is 302 g/mol. The Balaban J connectivity index is 1.58. The van der Waals surface area contributed by atoms with Gasteiger partial charge in [0, 0.05) is 6.20 Å². The van der Waals surface area contributed by atoms with Crippen molar-refractivity contribution >= 4 is 5.91 Å². The van der Waals surface area contributed by atoms with Gasteiger partial charge in [0.25, 0.3) is 5.91 Å². The Labute approximate surface area is 132 Å². The lowest BCUT2D eigenvalue weighted by molar-refractivity contribution is -1.01. The summed E-state index contributed by atoms with van der Waals surface area (Å²) in [6, 6.07) is 10.2. The van der Waals surface area contributed by atoms with Crippen LogP contribution >= 0.6 is 0 Å². The zero-order valence-electron chi connectivity index (χ0n) is 13.2. The van der Waals surface area contributed by atoms with Crippen LogP contribution in [0.2, 0.25) is 0 Å². The van der Waals surface area contributed by atoms with Crippen LogP contribution < -0.4 is 15.2 Å². The minimum atomic E-state index is 0.00987. The first kappa shape index (κ1) is 15.1. The van der Waals surface area contributed by atoms with E-state index in [0.717, 1.165) is 18.7 Å². The highest BCUT2D eigenvalue weighted by molar-refractivity contribution is 5.78. The number of piperazine rings is 1. The number of likely N-dealkylation sites (N-methyl/N-ethyl adjacent to an activating group) is 1. The Morgan fingerprint density at radius 1 is 1.18 bits per heavy atom. The molecule has 5 nitrogen and oxygen atoms in total. The average Bonchev–Trinajstić information content (AvgIpc) is 3.06. The molecule has 0 radical (unpaired) electrons. The number of carbonyl (C=O) groups excluding carboxylic acids is 1. The van der Waals surface area contributed by atoms with E-state index in [-0.39, 0.29) is 11.9 Å². The summed E-state index contributed by atoms with van der Waals surface area (Å²) in [4.78, 5) is 15.7. The van der Waals surface area contributed by atoms with Gasteiger partial charge in [-0.15, -0.1) is 0 Å². The summed E-state index contributed by atoms with van der Waals surface area (Å²) in [5.41, 5.74) is 4.24. The molecule has 3 rings (SSSR count). The second-order valence-corrected chi connectivity index (χ2v) is 6.14. The Morgan fingerprint density at radius 2 is 1.86 bits per heavy atom. The quantitative estimate of drug-likeness (QED) is 0.627. The molecule has 0 aliphatic carbocycles. The second-order valence-electron chi connectivity index (χ2n) is 6.14. The van der Waals surface area contributed by atoms with Crippen molar-refractivity contribution < 1.29 is 14.6 Å². The number of quaternary nitrogens is 2. The van der Waals surface area contributed by atoms with E-state index >= 15 is 0 Å². The highest BCUT2D eigenvalue weighted by Gasteiger charge is 2.31. The Kier molecular flexibility index (Phi) is 4.75. The molecule has 0 aromatic heterocycles. The van der Waals surface area contributed by atoms with Gasteiger partial charge in [-0.1, -0.05) is 30.3 Å². The summed E-state index contributed by atoms with van der Waals surface area (Å²) in [7, 11) is 0. The van der Waals surface area contributed by atoms with Crippen molar-refractivity contribution in [1.29, 1.82) is 0 Å². The van der Waals surface area contributed by atoms with Crippen LogP contribution in [0.4, 0.5) is 0 Å². The molecule has 0 unspecified atom stereocenters. The van der Waals surface area contributed by atoms with E-state index in [1.807, 2.05) is 30.5 Å². The van der Waals surface area contributed by atoms with Gasteiger partial charge >= 0.3 is 0 Å². The van der Waals surface area contributed by atoms with Gasteiger partial charge < -0.3 is 15.2 Å². The third-order valence-electron chi connectivity index (χ3n) is 4.75. The maximum Gasteiger partial charge on any atom is 0.296 e. The van der Waals surface area contributed by atoms with Gasteiger partial charge in [0.2, 0.25) is 0 Å². The largest absolute Gasteiger partial charge is 0.326 e. The third-order valence-corrected chi connectivity index (χ3v) is 4.75. The van der Waals surface area contributed by atoms with Crippen molar-refractivity contribution in [2.75, 3.05) is 39.3 Å². The Hall–Kier alpha value is -1.85. The molecular formula is C17H26N4O+2. The molecular weight excluding hydrogens is 276 g/mol. The summed E-state index contributed by atoms with van der Waals surface area (Å²) in [5.74, 6) is 0.175. The van der Waals surface area contributed by atoms with E-state index < -0.39 is 0 Å². The number of rotatable bonds is 4. The van der Waals surface area contributed by atoms with Gasteiger partial charge in [-0.25, -0.2) is 5.01 Å². The lowest BCUT2D eigenvalue weighted by atomic mass is 10.1. The van der Waals surface area contributed by atoms with Crippen LogP contribution in [-0.4, -0.2) is 50.2 Å². The van der Waals surface area contributed by atoms with E-state index in [1.54, 1.807) is 9.91 Å². The summed E-state index contributed by atoms with van der Waals surface area (Å²) in [5, 5.41) is 1.77. The molecule has 1 aromatic rings. The van der Waals surface area contributed by atoms with Crippen LogP contribution in [0.15, 0.2) is 42.6 Å². The summed E-state index contributed by atoms with van der Waals surface area (Å²) < 4.78 is 0. The number of benzene rings is 1. The van der Waals surface area contributed by atoms with Crippen molar-refractivity contribution in [1.82, 2.24) is 10.4 Å². The van der Waals surface area contributed by atoms with Gasteiger partial charge in [-0.05, 0) is 18.6 Å². The van der Waals surface area contributed by atoms with Gasteiger partial charge in [0.15, 0.2) is 6.54 Å². The van der Waals surface area contributed by atoms with Gasteiger partial charge in [-0.2, -0.15) is 0 Å². The number of amides is 1. The molecule has 1 atom stereocenters. The van der Waals surface area contributed by atoms with Crippen LogP contribution in [-0.2, 0) is 4.79 Å². The van der Waals surface area contributed by atoms with Crippen LogP contribution in [0.5, 0.6) is 0 Å². The summed E-state index contributed by atoms with van der Waals surface area (Å²) in [6.45, 7) is 8.53. The minimum Gasteiger partial charge on any atom is -0.326 e. The molecule has 1 saturated heterocycles. The van der Waals surface area contributed by atoms with Crippen molar-refractivity contribution in [2.24, 2.45) is 0 Å². The molecule has 0 saturated carbocycles. The molecule has 1 aromatic carbocycles. The fourth-order valence-electron chi connectivity index (χ4n) is 3.30. The van der Waals surface area contributed by atoms with Gasteiger partial charge in [0.1, 0.15) is 26.2 Å². The number of carbonyl (C=O) groups is 1. The maximum absolute atomic E-state index is 12.6. The molecule has 3 N–H and O–H groups in total. The molecule has 1 amide bonds. The predicted molar refractivity (Wildman–Crippen MR) is 85.1 cm³/mol. The maximum atomic E-state index is 12.6. The zero-order chi connectivity index (χ0) is 15.4. The Bertz CT molecular complexity index is 523. The van der Waals surface area contributed by atoms with E-state index in [4.69, 9.17) is 0 Å². The lowest BCUT2D eigenvalue weighted by Crippen LogP contribution is -3.28. The second kappa shape index (κ2) is 6.94. The first-order valence-electron chi connectivity index (χ1n) is 8.25. The molecule has 118 valence electrons. The van der Waals surface area contributed by atoms with Gasteiger partial charge in [-0.3, -0.25) is 4.79 Å². The van der Waals surface area contributed by atoms with Crippen molar-refractivity contribution in [3.63, 3.8) is 0 Å². The fourth-order valence-corrected chi connectivity index (χ4v) is 3.30. The van der Waals surface area contributed by atoms with Crippen molar-refractivity contribution in [2.45, 2.75) is 13.0 Å². The number of nitrogens with one attached hydrogen (secondary N) is 3. The predicted octanol–water partition coefficient (Wildman–Crippen LogP) is -1.61. The van der Waals surface area contributed by atoms with E-state index in [1.165, 1.54) is 24.5 Å². The molecule has 2 aliphatic heterocycles. The normalized spacial score (nSPS) is 27.7. The molecule has 2 aliphatic rings. The number of hydrazine groups is 1. The molecule has 0 spiro atoms. The van der Waals surface area contributed by atoms with Crippen molar-refractivity contribution in [3.05, 3.63) is 48.2 Å². The topological polar surface area (TPSA) is 41.2 Å². The number of hydrogen-bond acceptors (Lipinski definition) is 2. The monoisotopic (exact) mass is 302 g/mol. The van der Waals surface area contributed by atoms with E-state index in [9.17, 15) is 4.79 Å². The molecule has 0 bridgehead atoms. The smallest absolute Gasteiger partial charge is 0.296 e. The van der Waals surface area contributed by atoms with Crippen LogP contribution in [0.3, 0.4) is 0 Å². The van der Waals surface area contributed by atoms with E-state index in [0.29, 0.717) is 6.54 Å².